The van der Waals surface area contributed by atoms with E-state index in [1.54, 1.807) is 13.8 Å². The molecule has 1 amide bonds. The second-order valence-corrected chi connectivity index (χ2v) is 4.57. The van der Waals surface area contributed by atoms with E-state index in [1.807, 2.05) is 5.43 Å². The number of nitro benzene ring substituents is 1. The van der Waals surface area contributed by atoms with Crippen LogP contribution in [0.3, 0.4) is 0 Å². The van der Waals surface area contributed by atoms with Crippen molar-refractivity contribution in [3.63, 3.8) is 0 Å². The number of nitrogens with one attached hydrogen (secondary N) is 1. The normalized spacial score (nSPS) is 10.6. The third kappa shape index (κ3) is 3.64. The monoisotopic (exact) mass is 300 g/mol. The van der Waals surface area contributed by atoms with Gasteiger partial charge in [0.25, 0.3) is 11.6 Å². The summed E-state index contributed by atoms with van der Waals surface area (Å²) in [6.07, 6.45) is 0. The van der Waals surface area contributed by atoms with Gasteiger partial charge in [0.1, 0.15) is 5.56 Å². The molecule has 9 heteroatoms. The van der Waals surface area contributed by atoms with E-state index in [2.05, 4.69) is 0 Å². The summed E-state index contributed by atoms with van der Waals surface area (Å²) in [6.45, 7) is 3.12. The van der Waals surface area contributed by atoms with E-state index in [0.29, 0.717) is 6.07 Å². The minimum atomic E-state index is -0.931. The Bertz CT molecular complexity index is 550. The molecule has 0 aromatic heterocycles. The van der Waals surface area contributed by atoms with Crippen LogP contribution in [0.15, 0.2) is 12.1 Å². The fraction of sp³-hybridized carbons (Fsp3) is 0.417. The first-order valence-electron chi connectivity index (χ1n) is 6.19. The molecule has 0 saturated heterocycles. The number of nitrogens with zero attached hydrogens (tertiary/aromatic N) is 2. The molecule has 1 rings (SSSR count). The first-order chi connectivity index (χ1) is 9.83. The average molecular weight is 300 g/mol. The third-order valence-electron chi connectivity index (χ3n) is 2.89. The summed E-state index contributed by atoms with van der Waals surface area (Å²) in [7, 11) is 0. The van der Waals surface area contributed by atoms with Crippen LogP contribution in [-0.2, 0) is 0 Å². The summed E-state index contributed by atoms with van der Waals surface area (Å²) in [5, 5.41) is 20.0. The Hall–Kier alpha value is -2.26. The van der Waals surface area contributed by atoms with E-state index in [9.17, 15) is 19.3 Å². The van der Waals surface area contributed by atoms with Gasteiger partial charge in [-0.25, -0.2) is 4.39 Å². The molecule has 8 nitrogen and oxygen atoms in total. The third-order valence-corrected chi connectivity index (χ3v) is 2.89. The maximum Gasteiger partial charge on any atom is 0.285 e. The zero-order chi connectivity index (χ0) is 16.2. The zero-order valence-electron chi connectivity index (χ0n) is 11.7. The Morgan fingerprint density at radius 3 is 2.62 bits per heavy atom. The van der Waals surface area contributed by atoms with E-state index < -0.39 is 22.3 Å². The highest BCUT2D eigenvalue weighted by molar-refractivity contribution is 5.99. The van der Waals surface area contributed by atoms with Crippen molar-refractivity contribution < 1.29 is 19.2 Å². The van der Waals surface area contributed by atoms with Gasteiger partial charge in [-0.3, -0.25) is 20.8 Å². The molecule has 0 atom stereocenters. The first kappa shape index (κ1) is 16.8. The van der Waals surface area contributed by atoms with Crippen molar-refractivity contribution in [2.75, 3.05) is 18.6 Å². The van der Waals surface area contributed by atoms with Crippen molar-refractivity contribution >= 4 is 17.3 Å². The number of aliphatic hydroxyl groups is 1. The first-order valence-corrected chi connectivity index (χ1v) is 6.19. The lowest BCUT2D eigenvalue weighted by Gasteiger charge is -2.26. The molecule has 21 heavy (non-hydrogen) atoms. The molecule has 0 bridgehead atoms. The molecule has 0 unspecified atom stereocenters. The van der Waals surface area contributed by atoms with Crippen molar-refractivity contribution in [1.29, 1.82) is 0 Å². The van der Waals surface area contributed by atoms with E-state index in [0.717, 1.165) is 6.07 Å². The fourth-order valence-electron chi connectivity index (χ4n) is 1.85. The van der Waals surface area contributed by atoms with Gasteiger partial charge < -0.3 is 15.4 Å². The summed E-state index contributed by atoms with van der Waals surface area (Å²) in [6, 6.07) is 1.34. The number of hydrogen-bond acceptors (Lipinski definition) is 6. The molecule has 116 valence electrons. The highest BCUT2D eigenvalue weighted by atomic mass is 19.1. The minimum Gasteiger partial charge on any atom is -0.395 e. The smallest absolute Gasteiger partial charge is 0.285 e. The van der Waals surface area contributed by atoms with Gasteiger partial charge >= 0.3 is 0 Å². The van der Waals surface area contributed by atoms with Crippen molar-refractivity contribution in [3.05, 3.63) is 33.6 Å². The summed E-state index contributed by atoms with van der Waals surface area (Å²) in [4.78, 5) is 23.8. The maximum atomic E-state index is 13.6. The summed E-state index contributed by atoms with van der Waals surface area (Å²) < 4.78 is 13.6. The van der Waals surface area contributed by atoms with Gasteiger partial charge in [-0.2, -0.15) is 0 Å². The Morgan fingerprint density at radius 1 is 1.57 bits per heavy atom. The maximum absolute atomic E-state index is 13.6. The zero-order valence-corrected chi connectivity index (χ0v) is 11.7. The lowest BCUT2D eigenvalue weighted by Crippen LogP contribution is -2.39. The van der Waals surface area contributed by atoms with Crippen molar-refractivity contribution in [2.24, 2.45) is 5.84 Å². The number of halogens is 1. The fourth-order valence-corrected chi connectivity index (χ4v) is 1.85. The van der Waals surface area contributed by atoms with Crippen LogP contribution in [0.2, 0.25) is 0 Å². The Morgan fingerprint density at radius 2 is 2.19 bits per heavy atom. The summed E-state index contributed by atoms with van der Waals surface area (Å²) in [5.41, 5.74) is 0.866. The Balaban J connectivity index is 3.38. The van der Waals surface area contributed by atoms with Crippen LogP contribution in [0.25, 0.3) is 0 Å². The SMILES string of the molecule is CC(C)N(CCO)C(=O)c1cc(NN)c(F)cc1[N+](=O)[O-]. The number of rotatable bonds is 6. The number of hydrogen-bond donors (Lipinski definition) is 3. The van der Waals surface area contributed by atoms with Crippen LogP contribution in [-0.4, -0.2) is 40.0 Å². The molecule has 0 radical (unpaired) electrons. The van der Waals surface area contributed by atoms with Gasteiger partial charge in [-0.1, -0.05) is 0 Å². The lowest BCUT2D eigenvalue weighted by molar-refractivity contribution is -0.385. The number of carbonyl (C=O) groups is 1. The topological polar surface area (TPSA) is 122 Å². The number of nitro groups is 1. The van der Waals surface area contributed by atoms with E-state index in [1.165, 1.54) is 4.90 Å². The molecule has 0 aliphatic rings. The molecule has 0 aliphatic heterocycles. The standard InChI is InChI=1S/C12H17FN4O4/c1-7(2)16(3-4-18)12(19)8-5-10(15-14)9(13)6-11(8)17(20)21/h5-7,15,18H,3-4,14H2,1-2H3. The molecule has 4 N–H and O–H groups in total. The Kier molecular flexibility index (Phi) is 5.56. The minimum absolute atomic E-state index is 0.0103. The van der Waals surface area contributed by atoms with Crippen LogP contribution in [0.1, 0.15) is 24.2 Å². The second kappa shape index (κ2) is 6.95. The van der Waals surface area contributed by atoms with Gasteiger partial charge in [-0.15, -0.1) is 0 Å². The quantitative estimate of drug-likeness (QED) is 0.407. The van der Waals surface area contributed by atoms with E-state index in [4.69, 9.17) is 10.9 Å². The predicted octanol–water partition coefficient (Wildman–Crippen LogP) is 0.862. The van der Waals surface area contributed by atoms with Crippen molar-refractivity contribution in [2.45, 2.75) is 19.9 Å². The van der Waals surface area contributed by atoms with Crippen LogP contribution in [0.4, 0.5) is 15.8 Å². The summed E-state index contributed by atoms with van der Waals surface area (Å²) >= 11 is 0. The molecular formula is C12H17FN4O4. The average Bonchev–Trinajstić information content (AvgIpc) is 2.43. The van der Waals surface area contributed by atoms with Gasteiger partial charge in [-0.05, 0) is 19.9 Å². The highest BCUT2D eigenvalue weighted by Gasteiger charge is 2.28. The molecule has 1 aromatic carbocycles. The number of benzene rings is 1. The number of amides is 1. The van der Waals surface area contributed by atoms with E-state index >= 15 is 0 Å². The van der Waals surface area contributed by atoms with Crippen molar-refractivity contribution in [1.82, 2.24) is 4.90 Å². The van der Waals surface area contributed by atoms with Crippen LogP contribution < -0.4 is 11.3 Å². The molecule has 0 spiro atoms. The van der Waals surface area contributed by atoms with Crippen LogP contribution in [0.5, 0.6) is 0 Å². The van der Waals surface area contributed by atoms with Crippen molar-refractivity contribution in [3.8, 4) is 0 Å². The second-order valence-electron chi connectivity index (χ2n) is 4.57. The molecule has 1 aromatic rings. The summed E-state index contributed by atoms with van der Waals surface area (Å²) in [5.74, 6) is 3.51. The lowest BCUT2D eigenvalue weighted by atomic mass is 10.1. The highest BCUT2D eigenvalue weighted by Crippen LogP contribution is 2.27. The number of nitrogen functional groups attached to an aromatic ring is 1. The number of carbonyl (C=O) groups excluding carboxylic acids is 1. The van der Waals surface area contributed by atoms with E-state index in [-0.39, 0.29) is 30.4 Å². The van der Waals surface area contributed by atoms with Gasteiger partial charge in [0.2, 0.25) is 0 Å². The number of hydrazine groups is 1. The predicted molar refractivity (Wildman–Crippen MR) is 74.1 cm³/mol. The molecule has 0 fully saturated rings. The largest absolute Gasteiger partial charge is 0.395 e. The van der Waals surface area contributed by atoms with Gasteiger partial charge in [0.15, 0.2) is 5.82 Å². The number of anilines is 1. The van der Waals surface area contributed by atoms with Gasteiger partial charge in [0, 0.05) is 12.6 Å². The van der Waals surface area contributed by atoms with Crippen LogP contribution in [0, 0.1) is 15.9 Å². The Labute approximate surface area is 120 Å². The number of nitrogens with two attached hydrogens (primary N) is 1. The van der Waals surface area contributed by atoms with Crippen LogP contribution >= 0.6 is 0 Å². The molecule has 0 saturated carbocycles. The molecule has 0 heterocycles. The molecular weight excluding hydrogens is 283 g/mol. The van der Waals surface area contributed by atoms with Gasteiger partial charge in [0.05, 0.1) is 23.3 Å². The molecule has 0 aliphatic carbocycles. The number of aliphatic hydroxyl groups excluding tert-OH is 1.